The van der Waals surface area contributed by atoms with Crippen molar-refractivity contribution >= 4 is 35.1 Å². The van der Waals surface area contributed by atoms with E-state index in [0.29, 0.717) is 12.1 Å². The number of H-pyrrole nitrogens is 1. The predicted octanol–water partition coefficient (Wildman–Crippen LogP) is 4.81. The number of ketones is 3. The average molecular weight is 690 g/mol. The summed E-state index contributed by atoms with van der Waals surface area (Å²) >= 11 is 0. The molecule has 0 bridgehead atoms. The highest BCUT2D eigenvalue weighted by Crippen LogP contribution is 2.18. The van der Waals surface area contributed by atoms with Gasteiger partial charge in [0.2, 0.25) is 17.7 Å². The van der Waals surface area contributed by atoms with Gasteiger partial charge in [-0.05, 0) is 20.3 Å². The van der Waals surface area contributed by atoms with E-state index in [9.17, 15) is 33.9 Å². The molecule has 12 nitrogen and oxygen atoms in total. The number of carbonyl (C=O) groups is 6. The summed E-state index contributed by atoms with van der Waals surface area (Å²) in [5, 5.41) is 15.4. The molecule has 6 N–H and O–H groups in total. The molecule has 0 aliphatic rings. The van der Waals surface area contributed by atoms with Crippen LogP contribution >= 0.6 is 0 Å². The van der Waals surface area contributed by atoms with E-state index in [2.05, 4.69) is 27.5 Å². The molecule has 0 radical (unpaired) electrons. The summed E-state index contributed by atoms with van der Waals surface area (Å²) < 4.78 is 0. The summed E-state index contributed by atoms with van der Waals surface area (Å²) in [4.78, 5) is 83.0. The number of Topliss-reactive ketones (excluding diaryl/α,β-unsaturated/α-hetero) is 3. The molecule has 1 aromatic heterocycles. The van der Waals surface area contributed by atoms with E-state index >= 15 is 0 Å². The molecular weight excluding hydrogens is 626 g/mol. The van der Waals surface area contributed by atoms with Crippen LogP contribution in [0.3, 0.4) is 0 Å². The number of amides is 3. The van der Waals surface area contributed by atoms with Crippen molar-refractivity contribution in [2.75, 3.05) is 0 Å². The summed E-state index contributed by atoms with van der Waals surface area (Å²) in [5.74, 6) is -4.91. The van der Waals surface area contributed by atoms with Crippen molar-refractivity contribution in [1.29, 1.82) is 0 Å². The van der Waals surface area contributed by atoms with Gasteiger partial charge in [0.1, 0.15) is 5.78 Å². The lowest BCUT2D eigenvalue weighted by molar-refractivity contribution is -0.137. The van der Waals surface area contributed by atoms with Crippen LogP contribution in [0, 0.1) is 11.8 Å². The first-order valence-electron chi connectivity index (χ1n) is 18.5. The Kier molecular flexibility index (Phi) is 22.7. The Morgan fingerprint density at radius 1 is 0.776 bits per heavy atom. The number of primary amides is 1. The van der Waals surface area contributed by atoms with Crippen molar-refractivity contribution in [3.8, 4) is 0 Å². The molecular formula is C37H63N5O7. The zero-order chi connectivity index (χ0) is 36.6. The van der Waals surface area contributed by atoms with Crippen LogP contribution in [0.5, 0.6) is 0 Å². The molecule has 0 aliphatic carbocycles. The Morgan fingerprint density at radius 3 is 1.84 bits per heavy atom. The first-order valence-corrected chi connectivity index (χ1v) is 18.5. The number of aromatic nitrogens is 2. The molecule has 12 heteroatoms. The van der Waals surface area contributed by atoms with Gasteiger partial charge in [-0.25, -0.2) is 4.98 Å². The zero-order valence-electron chi connectivity index (χ0n) is 30.4. The Balaban J connectivity index is 2.62. The number of carbonyl (C=O) groups excluding carboxylic acids is 6. The van der Waals surface area contributed by atoms with Gasteiger partial charge in [0.15, 0.2) is 11.6 Å². The van der Waals surface area contributed by atoms with Gasteiger partial charge in [0.25, 0.3) is 0 Å². The molecule has 0 spiro atoms. The molecule has 0 aliphatic heterocycles. The van der Waals surface area contributed by atoms with Crippen LogP contribution in [-0.4, -0.2) is 68.3 Å². The minimum atomic E-state index is -1.26. The van der Waals surface area contributed by atoms with Crippen molar-refractivity contribution in [3.05, 3.63) is 18.2 Å². The molecule has 0 unspecified atom stereocenters. The Hall–Kier alpha value is -3.41. The summed E-state index contributed by atoms with van der Waals surface area (Å²) in [6.07, 6.45) is 17.5. The third kappa shape index (κ3) is 19.4. The summed E-state index contributed by atoms with van der Waals surface area (Å²) in [6, 6.07) is -2.18. The topological polar surface area (TPSA) is 201 Å². The van der Waals surface area contributed by atoms with Crippen molar-refractivity contribution in [3.63, 3.8) is 0 Å². The molecule has 0 saturated heterocycles. The normalized spacial score (nSPS) is 14.3. The van der Waals surface area contributed by atoms with E-state index in [-0.39, 0.29) is 25.0 Å². The first kappa shape index (κ1) is 43.6. The van der Waals surface area contributed by atoms with E-state index < -0.39 is 72.2 Å². The van der Waals surface area contributed by atoms with Gasteiger partial charge in [0, 0.05) is 44.0 Å². The van der Waals surface area contributed by atoms with Gasteiger partial charge in [-0.1, -0.05) is 90.9 Å². The molecule has 49 heavy (non-hydrogen) atoms. The number of rotatable bonds is 30. The monoisotopic (exact) mass is 689 g/mol. The van der Waals surface area contributed by atoms with E-state index in [1.165, 1.54) is 84.4 Å². The second kappa shape index (κ2) is 25.5. The van der Waals surface area contributed by atoms with E-state index in [0.717, 1.165) is 19.3 Å². The molecule has 0 fully saturated rings. The number of nitrogens with two attached hydrogens (primary N) is 1. The number of nitrogens with zero attached hydrogens (tertiary/aromatic N) is 1. The predicted molar refractivity (Wildman–Crippen MR) is 189 cm³/mol. The van der Waals surface area contributed by atoms with Gasteiger partial charge in [0.05, 0.1) is 42.8 Å². The SMILES string of the molecule is CCCCCCCCCCCCCCCC(=O)C[C@@H](Cc1cnc[nH]1)C(=O)N[C@@H](C)C(=O)C[C@H](C(=O)N[C@@H](CC(N)=O)C(=O)CC)[C@@H](C)O. The van der Waals surface area contributed by atoms with E-state index in [1.54, 1.807) is 13.1 Å². The molecule has 0 aromatic carbocycles. The van der Waals surface area contributed by atoms with Crippen LogP contribution < -0.4 is 16.4 Å². The number of nitrogens with one attached hydrogen (secondary N) is 3. The Bertz CT molecular complexity index is 1140. The van der Waals surface area contributed by atoms with Crippen LogP contribution in [0.25, 0.3) is 0 Å². The molecule has 1 heterocycles. The fourth-order valence-corrected chi connectivity index (χ4v) is 5.90. The van der Waals surface area contributed by atoms with E-state index in [1.807, 2.05) is 0 Å². The molecule has 1 rings (SSSR count). The minimum absolute atomic E-state index is 0.0142. The Labute approximate surface area is 292 Å². The second-order valence-electron chi connectivity index (χ2n) is 13.5. The third-order valence-corrected chi connectivity index (χ3v) is 9.07. The molecule has 0 saturated carbocycles. The van der Waals surface area contributed by atoms with Gasteiger partial charge in [-0.2, -0.15) is 0 Å². The van der Waals surface area contributed by atoms with Gasteiger partial charge < -0.3 is 26.5 Å². The number of aromatic amines is 1. The number of imidazole rings is 1. The quantitative estimate of drug-likeness (QED) is 0.0708. The molecule has 278 valence electrons. The smallest absolute Gasteiger partial charge is 0.226 e. The third-order valence-electron chi connectivity index (χ3n) is 9.07. The fraction of sp³-hybridized carbons (Fsp3) is 0.757. The highest BCUT2D eigenvalue weighted by Gasteiger charge is 2.33. The fourth-order valence-electron chi connectivity index (χ4n) is 5.90. The Morgan fingerprint density at radius 2 is 1.35 bits per heavy atom. The van der Waals surface area contributed by atoms with Crippen molar-refractivity contribution in [2.24, 2.45) is 17.6 Å². The van der Waals surface area contributed by atoms with Crippen molar-refractivity contribution in [2.45, 2.75) is 168 Å². The maximum absolute atomic E-state index is 13.4. The number of hydrogen-bond donors (Lipinski definition) is 5. The number of unbranched alkanes of at least 4 members (excludes halogenated alkanes) is 12. The van der Waals surface area contributed by atoms with Gasteiger partial charge in [-0.3, -0.25) is 28.8 Å². The number of aliphatic hydroxyl groups excluding tert-OH is 1. The maximum Gasteiger partial charge on any atom is 0.226 e. The van der Waals surface area contributed by atoms with Gasteiger partial charge in [-0.15, -0.1) is 0 Å². The van der Waals surface area contributed by atoms with E-state index in [4.69, 9.17) is 5.73 Å². The molecule has 5 atom stereocenters. The summed E-state index contributed by atoms with van der Waals surface area (Å²) in [6.45, 7) is 6.64. The standard InChI is InChI=1S/C37H63N5O7/c1-5-7-8-9-10-11-12-13-14-15-16-17-18-19-30(44)21-28(20-29-24-39-25-40-29)36(48)41-26(3)34(46)22-31(27(4)43)37(49)42-32(23-35(38)47)33(45)6-2/h24-28,31-32,43H,5-23H2,1-4H3,(H2,38,47)(H,39,40)(H,41,48)(H,42,49)/t26-,27+,28+,31-,32-/m0/s1. The molecule has 1 aromatic rings. The van der Waals surface area contributed by atoms with Gasteiger partial charge >= 0.3 is 0 Å². The molecule has 3 amide bonds. The van der Waals surface area contributed by atoms with Crippen LogP contribution in [0.2, 0.25) is 0 Å². The van der Waals surface area contributed by atoms with Crippen LogP contribution in [0.1, 0.15) is 149 Å². The maximum atomic E-state index is 13.4. The van der Waals surface area contributed by atoms with Crippen molar-refractivity contribution < 1.29 is 33.9 Å². The summed E-state index contributed by atoms with van der Waals surface area (Å²) in [5.41, 5.74) is 5.91. The number of hydrogen-bond acceptors (Lipinski definition) is 8. The lowest BCUT2D eigenvalue weighted by Gasteiger charge is -2.24. The van der Waals surface area contributed by atoms with Crippen LogP contribution in [0.4, 0.5) is 0 Å². The summed E-state index contributed by atoms with van der Waals surface area (Å²) in [7, 11) is 0. The van der Waals surface area contributed by atoms with Crippen LogP contribution in [-0.2, 0) is 35.2 Å². The van der Waals surface area contributed by atoms with Crippen molar-refractivity contribution in [1.82, 2.24) is 20.6 Å². The average Bonchev–Trinajstić information content (AvgIpc) is 3.57. The number of aliphatic hydroxyl groups is 1. The van der Waals surface area contributed by atoms with Crippen LogP contribution in [0.15, 0.2) is 12.5 Å². The highest BCUT2D eigenvalue weighted by molar-refractivity contribution is 5.96. The highest BCUT2D eigenvalue weighted by atomic mass is 16.3. The zero-order valence-corrected chi connectivity index (χ0v) is 30.4. The largest absolute Gasteiger partial charge is 0.393 e. The lowest BCUT2D eigenvalue weighted by Crippen LogP contribution is -2.49. The lowest BCUT2D eigenvalue weighted by atomic mass is 9.91. The first-order chi connectivity index (χ1) is 23.4. The minimum Gasteiger partial charge on any atom is -0.393 e. The second-order valence-corrected chi connectivity index (χ2v) is 13.5.